The van der Waals surface area contributed by atoms with Crippen LogP contribution in [0.15, 0.2) is 18.3 Å². The lowest BCUT2D eigenvalue weighted by atomic mass is 10.1. The number of rotatable bonds is 4. The lowest BCUT2D eigenvalue weighted by Gasteiger charge is -2.29. The number of anilines is 2. The van der Waals surface area contributed by atoms with Crippen molar-refractivity contribution in [3.05, 3.63) is 18.3 Å². The zero-order valence-electron chi connectivity index (χ0n) is 10.7. The lowest BCUT2D eigenvalue weighted by molar-refractivity contribution is 0.672. The van der Waals surface area contributed by atoms with Crippen LogP contribution >= 0.6 is 0 Å². The Bertz CT molecular complexity index is 501. The summed E-state index contributed by atoms with van der Waals surface area (Å²) >= 11 is 0. The van der Waals surface area contributed by atoms with Crippen LogP contribution in [0.5, 0.6) is 0 Å². The van der Waals surface area contributed by atoms with Gasteiger partial charge >= 0.3 is 0 Å². The molecular weight excluding hydrogens is 212 g/mol. The second kappa shape index (κ2) is 4.65. The smallest absolute Gasteiger partial charge is 0.0672 e. The minimum absolute atomic E-state index is 0.442. The molecule has 2 aromatic rings. The first-order valence-electron chi connectivity index (χ1n) is 6.12. The maximum Gasteiger partial charge on any atom is 0.0672 e. The Morgan fingerprint density at radius 2 is 2.18 bits per heavy atom. The summed E-state index contributed by atoms with van der Waals surface area (Å²) in [6.07, 6.45) is 2.91. The second-order valence-electron chi connectivity index (χ2n) is 4.66. The summed E-state index contributed by atoms with van der Waals surface area (Å²) in [6.45, 7) is 7.57. The van der Waals surface area contributed by atoms with Gasteiger partial charge in [-0.3, -0.25) is 5.10 Å². The number of fused-ring (bicyclic) bond motifs is 1. The quantitative estimate of drug-likeness (QED) is 0.797. The highest BCUT2D eigenvalue weighted by molar-refractivity contribution is 5.89. The molecule has 0 fully saturated rings. The standard InChI is InChI=1S/C13H20N4/c1-4-5-17(9(2)3)13-7-12-10(6-11(13)14)8-15-16-12/h6-9H,4-5,14H2,1-3H3,(H,15,16). The molecule has 1 aromatic carbocycles. The van der Waals surface area contributed by atoms with Gasteiger partial charge in [0.2, 0.25) is 0 Å². The second-order valence-corrected chi connectivity index (χ2v) is 4.66. The third kappa shape index (κ3) is 2.20. The third-order valence-corrected chi connectivity index (χ3v) is 2.98. The summed E-state index contributed by atoms with van der Waals surface area (Å²) in [7, 11) is 0. The van der Waals surface area contributed by atoms with Crippen molar-refractivity contribution in [3.63, 3.8) is 0 Å². The first kappa shape index (κ1) is 11.8. The van der Waals surface area contributed by atoms with Gasteiger partial charge in [0.1, 0.15) is 0 Å². The van der Waals surface area contributed by atoms with E-state index in [1.54, 1.807) is 6.20 Å². The summed E-state index contributed by atoms with van der Waals surface area (Å²) < 4.78 is 0. The van der Waals surface area contributed by atoms with Crippen molar-refractivity contribution < 1.29 is 0 Å². The summed E-state index contributed by atoms with van der Waals surface area (Å²) in [5.41, 5.74) is 9.09. The van der Waals surface area contributed by atoms with Gasteiger partial charge in [-0.15, -0.1) is 0 Å². The predicted molar refractivity (Wildman–Crippen MR) is 73.3 cm³/mol. The fourth-order valence-electron chi connectivity index (χ4n) is 2.14. The van der Waals surface area contributed by atoms with E-state index in [4.69, 9.17) is 5.73 Å². The normalized spacial score (nSPS) is 11.3. The van der Waals surface area contributed by atoms with Crippen molar-refractivity contribution in [1.29, 1.82) is 0 Å². The van der Waals surface area contributed by atoms with Crippen LogP contribution < -0.4 is 10.6 Å². The topological polar surface area (TPSA) is 57.9 Å². The number of nitrogens with two attached hydrogens (primary N) is 1. The van der Waals surface area contributed by atoms with E-state index in [0.717, 1.165) is 35.2 Å². The number of hydrogen-bond acceptors (Lipinski definition) is 3. The number of nitrogen functional groups attached to an aromatic ring is 1. The summed E-state index contributed by atoms with van der Waals surface area (Å²) in [5.74, 6) is 0. The van der Waals surface area contributed by atoms with Gasteiger partial charge in [0.25, 0.3) is 0 Å². The third-order valence-electron chi connectivity index (χ3n) is 2.98. The molecule has 0 bridgehead atoms. The minimum Gasteiger partial charge on any atom is -0.397 e. The molecule has 3 N–H and O–H groups in total. The molecule has 2 rings (SSSR count). The molecule has 0 atom stereocenters. The number of nitrogens with zero attached hydrogens (tertiary/aromatic N) is 2. The average Bonchev–Trinajstić information content (AvgIpc) is 2.71. The van der Waals surface area contributed by atoms with Gasteiger partial charge in [-0.05, 0) is 32.4 Å². The average molecular weight is 232 g/mol. The van der Waals surface area contributed by atoms with E-state index < -0.39 is 0 Å². The zero-order chi connectivity index (χ0) is 12.4. The van der Waals surface area contributed by atoms with Gasteiger partial charge in [-0.25, -0.2) is 0 Å². The zero-order valence-corrected chi connectivity index (χ0v) is 10.7. The molecule has 0 amide bonds. The Kier molecular flexibility index (Phi) is 3.22. The highest BCUT2D eigenvalue weighted by Gasteiger charge is 2.13. The number of aromatic nitrogens is 2. The molecule has 0 saturated heterocycles. The van der Waals surface area contributed by atoms with Gasteiger partial charge in [-0.2, -0.15) is 5.10 Å². The fourth-order valence-corrected chi connectivity index (χ4v) is 2.14. The first-order valence-corrected chi connectivity index (χ1v) is 6.12. The van der Waals surface area contributed by atoms with Crippen molar-refractivity contribution in [2.24, 2.45) is 0 Å². The number of hydrogen-bond donors (Lipinski definition) is 2. The molecule has 4 nitrogen and oxygen atoms in total. The van der Waals surface area contributed by atoms with Crippen LogP contribution in [0.2, 0.25) is 0 Å². The summed E-state index contributed by atoms with van der Waals surface area (Å²) in [6, 6.07) is 4.52. The van der Waals surface area contributed by atoms with E-state index in [1.807, 2.05) is 6.07 Å². The van der Waals surface area contributed by atoms with Crippen molar-refractivity contribution >= 4 is 22.3 Å². The molecule has 17 heavy (non-hydrogen) atoms. The van der Waals surface area contributed by atoms with E-state index in [-0.39, 0.29) is 0 Å². The first-order chi connectivity index (χ1) is 8.13. The summed E-state index contributed by atoms with van der Waals surface area (Å²) in [4.78, 5) is 2.33. The van der Waals surface area contributed by atoms with E-state index in [2.05, 4.69) is 41.9 Å². The molecule has 4 heteroatoms. The van der Waals surface area contributed by atoms with E-state index in [0.29, 0.717) is 6.04 Å². The highest BCUT2D eigenvalue weighted by Crippen LogP contribution is 2.29. The van der Waals surface area contributed by atoms with E-state index in [1.165, 1.54) is 0 Å². The highest BCUT2D eigenvalue weighted by atomic mass is 15.2. The van der Waals surface area contributed by atoms with Crippen molar-refractivity contribution in [1.82, 2.24) is 10.2 Å². The Morgan fingerprint density at radius 3 is 2.82 bits per heavy atom. The Hall–Kier alpha value is -1.71. The van der Waals surface area contributed by atoms with Crippen LogP contribution in [0.1, 0.15) is 27.2 Å². The van der Waals surface area contributed by atoms with Gasteiger partial charge in [0.05, 0.1) is 23.1 Å². The Balaban J connectivity index is 2.47. The van der Waals surface area contributed by atoms with Crippen LogP contribution in [0.25, 0.3) is 10.9 Å². The van der Waals surface area contributed by atoms with Gasteiger partial charge < -0.3 is 10.6 Å². The Labute approximate surface area is 102 Å². The number of H-pyrrole nitrogens is 1. The van der Waals surface area contributed by atoms with Gasteiger partial charge in [-0.1, -0.05) is 6.92 Å². The van der Waals surface area contributed by atoms with Crippen molar-refractivity contribution in [2.75, 3.05) is 17.2 Å². The molecule has 0 aliphatic rings. The van der Waals surface area contributed by atoms with Crippen LogP contribution in [-0.4, -0.2) is 22.8 Å². The molecule has 0 radical (unpaired) electrons. The lowest BCUT2D eigenvalue weighted by Crippen LogP contribution is -2.32. The number of nitrogens with one attached hydrogen (secondary N) is 1. The van der Waals surface area contributed by atoms with Crippen LogP contribution in [-0.2, 0) is 0 Å². The van der Waals surface area contributed by atoms with Crippen LogP contribution in [0, 0.1) is 0 Å². The maximum atomic E-state index is 6.13. The summed E-state index contributed by atoms with van der Waals surface area (Å²) in [5, 5.41) is 8.09. The number of benzene rings is 1. The molecule has 1 aromatic heterocycles. The Morgan fingerprint density at radius 1 is 1.41 bits per heavy atom. The van der Waals surface area contributed by atoms with Gasteiger partial charge in [0.15, 0.2) is 0 Å². The van der Waals surface area contributed by atoms with E-state index >= 15 is 0 Å². The van der Waals surface area contributed by atoms with Gasteiger partial charge in [0, 0.05) is 18.0 Å². The minimum atomic E-state index is 0.442. The van der Waals surface area contributed by atoms with E-state index in [9.17, 15) is 0 Å². The molecule has 0 spiro atoms. The maximum absolute atomic E-state index is 6.13. The molecule has 0 aliphatic heterocycles. The molecule has 1 heterocycles. The van der Waals surface area contributed by atoms with Crippen molar-refractivity contribution in [3.8, 4) is 0 Å². The monoisotopic (exact) mass is 232 g/mol. The molecule has 0 saturated carbocycles. The number of aromatic amines is 1. The molecule has 0 aliphatic carbocycles. The molecular formula is C13H20N4. The molecule has 0 unspecified atom stereocenters. The van der Waals surface area contributed by atoms with Crippen molar-refractivity contribution in [2.45, 2.75) is 33.2 Å². The van der Waals surface area contributed by atoms with Crippen LogP contribution in [0.4, 0.5) is 11.4 Å². The van der Waals surface area contributed by atoms with Crippen LogP contribution in [0.3, 0.4) is 0 Å². The SMILES string of the molecule is CCCN(c1cc2[nH]ncc2cc1N)C(C)C. The predicted octanol–water partition coefficient (Wildman–Crippen LogP) is 2.77. The largest absolute Gasteiger partial charge is 0.397 e. The fraction of sp³-hybridized carbons (Fsp3) is 0.462. The molecule has 92 valence electrons.